The normalized spacial score (nSPS) is 20.2. The highest BCUT2D eigenvalue weighted by Gasteiger charge is 2.28. The zero-order valence-corrected chi connectivity index (χ0v) is 17.2. The van der Waals surface area contributed by atoms with Gasteiger partial charge in [-0.05, 0) is 45.6 Å². The summed E-state index contributed by atoms with van der Waals surface area (Å²) < 4.78 is 5.17. The summed E-state index contributed by atoms with van der Waals surface area (Å²) in [5.74, 6) is 0.846. The van der Waals surface area contributed by atoms with E-state index in [2.05, 4.69) is 20.7 Å². The van der Waals surface area contributed by atoms with Crippen LogP contribution in [0, 0.1) is 13.8 Å². The van der Waals surface area contributed by atoms with Crippen LogP contribution in [-0.2, 0) is 11.2 Å². The van der Waals surface area contributed by atoms with Crippen LogP contribution in [0.25, 0.3) is 0 Å². The lowest BCUT2D eigenvalue weighted by Crippen LogP contribution is -2.40. The average Bonchev–Trinajstić information content (AvgIpc) is 3.47. The average molecular weight is 399 g/mol. The monoisotopic (exact) mass is 399 g/mol. The van der Waals surface area contributed by atoms with Crippen LogP contribution in [0.4, 0.5) is 0 Å². The van der Waals surface area contributed by atoms with Gasteiger partial charge in [0.15, 0.2) is 0 Å². The maximum Gasteiger partial charge on any atom is 0.271 e. The standard InChI is InChI=1S/C21H29N5O3/c1-13-17(14(2)29-25-13)10-20(27)26-9-5-6-15(12-26)18-11-19(24-23-18)21(28)22-16-7-3-4-8-16/h11,15-16H,3-10,12H2,1-2H3,(H,22,28)(H,23,24). The Bertz CT molecular complexity index is 861. The molecule has 2 aromatic rings. The van der Waals surface area contributed by atoms with E-state index < -0.39 is 0 Å². The summed E-state index contributed by atoms with van der Waals surface area (Å²) in [6, 6.07) is 2.12. The molecule has 2 N–H and O–H groups in total. The number of nitrogens with zero attached hydrogens (tertiary/aromatic N) is 3. The first kappa shape index (κ1) is 19.7. The molecule has 29 heavy (non-hydrogen) atoms. The highest BCUT2D eigenvalue weighted by Crippen LogP contribution is 2.27. The minimum Gasteiger partial charge on any atom is -0.361 e. The predicted octanol–water partition coefficient (Wildman–Crippen LogP) is 2.64. The Kier molecular flexibility index (Phi) is 5.69. The molecule has 0 aromatic carbocycles. The highest BCUT2D eigenvalue weighted by molar-refractivity contribution is 5.92. The fourth-order valence-corrected chi connectivity index (χ4v) is 4.47. The van der Waals surface area contributed by atoms with Crippen molar-refractivity contribution < 1.29 is 14.1 Å². The van der Waals surface area contributed by atoms with E-state index in [4.69, 9.17) is 4.52 Å². The Labute approximate surface area is 170 Å². The van der Waals surface area contributed by atoms with Gasteiger partial charge in [0.05, 0.1) is 12.1 Å². The molecule has 1 saturated carbocycles. The first-order valence-electron chi connectivity index (χ1n) is 10.6. The van der Waals surface area contributed by atoms with Crippen LogP contribution < -0.4 is 5.32 Å². The molecule has 2 aromatic heterocycles. The van der Waals surface area contributed by atoms with Crippen molar-refractivity contribution in [2.75, 3.05) is 13.1 Å². The molecule has 2 fully saturated rings. The van der Waals surface area contributed by atoms with Gasteiger partial charge >= 0.3 is 0 Å². The lowest BCUT2D eigenvalue weighted by Gasteiger charge is -2.32. The van der Waals surface area contributed by atoms with E-state index in [0.29, 0.717) is 24.4 Å². The highest BCUT2D eigenvalue weighted by atomic mass is 16.5. The second-order valence-corrected chi connectivity index (χ2v) is 8.32. The molecule has 8 nitrogen and oxygen atoms in total. The van der Waals surface area contributed by atoms with E-state index in [-0.39, 0.29) is 23.8 Å². The third-order valence-corrected chi connectivity index (χ3v) is 6.24. The molecule has 1 saturated heterocycles. The summed E-state index contributed by atoms with van der Waals surface area (Å²) in [6.07, 6.45) is 6.67. The second kappa shape index (κ2) is 8.39. The summed E-state index contributed by atoms with van der Waals surface area (Å²) in [4.78, 5) is 27.2. The van der Waals surface area contributed by atoms with Gasteiger partial charge in [0, 0.05) is 36.3 Å². The number of amides is 2. The number of H-pyrrole nitrogens is 1. The predicted molar refractivity (Wildman–Crippen MR) is 107 cm³/mol. The molecule has 0 bridgehead atoms. The summed E-state index contributed by atoms with van der Waals surface area (Å²) in [5, 5.41) is 14.3. The molecule has 156 valence electrons. The van der Waals surface area contributed by atoms with E-state index in [9.17, 15) is 9.59 Å². The van der Waals surface area contributed by atoms with E-state index in [1.807, 2.05) is 24.8 Å². The number of hydrogen-bond donors (Lipinski definition) is 2. The maximum atomic E-state index is 12.8. The molecular formula is C21H29N5O3. The lowest BCUT2D eigenvalue weighted by atomic mass is 9.94. The number of carbonyl (C=O) groups excluding carboxylic acids is 2. The number of rotatable bonds is 5. The van der Waals surface area contributed by atoms with E-state index >= 15 is 0 Å². The number of aromatic nitrogens is 3. The molecule has 1 aliphatic carbocycles. The van der Waals surface area contributed by atoms with Crippen LogP contribution in [-0.4, -0.2) is 51.2 Å². The van der Waals surface area contributed by atoms with Gasteiger partial charge in [-0.25, -0.2) is 0 Å². The number of hydrogen-bond acceptors (Lipinski definition) is 5. The summed E-state index contributed by atoms with van der Waals surface area (Å²) in [6.45, 7) is 5.08. The van der Waals surface area contributed by atoms with Crippen molar-refractivity contribution >= 4 is 11.8 Å². The molecule has 0 spiro atoms. The van der Waals surface area contributed by atoms with Crippen molar-refractivity contribution in [3.8, 4) is 0 Å². The largest absolute Gasteiger partial charge is 0.361 e. The van der Waals surface area contributed by atoms with Gasteiger partial charge in [-0.3, -0.25) is 14.7 Å². The molecule has 1 unspecified atom stereocenters. The van der Waals surface area contributed by atoms with Gasteiger partial charge in [0.2, 0.25) is 5.91 Å². The smallest absolute Gasteiger partial charge is 0.271 e. The van der Waals surface area contributed by atoms with Gasteiger partial charge in [-0.2, -0.15) is 5.10 Å². The minimum atomic E-state index is -0.110. The van der Waals surface area contributed by atoms with Gasteiger partial charge in [-0.1, -0.05) is 18.0 Å². The Balaban J connectivity index is 1.37. The van der Waals surface area contributed by atoms with Gasteiger partial charge in [0.25, 0.3) is 5.91 Å². The summed E-state index contributed by atoms with van der Waals surface area (Å²) in [5.41, 5.74) is 3.02. The summed E-state index contributed by atoms with van der Waals surface area (Å²) in [7, 11) is 0. The molecule has 8 heteroatoms. The Hall–Kier alpha value is -2.64. The van der Waals surface area contributed by atoms with Crippen molar-refractivity contribution in [2.24, 2.45) is 0 Å². The Morgan fingerprint density at radius 2 is 2.03 bits per heavy atom. The second-order valence-electron chi connectivity index (χ2n) is 8.32. The Morgan fingerprint density at radius 3 is 2.76 bits per heavy atom. The number of nitrogens with one attached hydrogen (secondary N) is 2. The minimum absolute atomic E-state index is 0.0859. The summed E-state index contributed by atoms with van der Waals surface area (Å²) >= 11 is 0. The van der Waals surface area contributed by atoms with E-state index in [1.54, 1.807) is 0 Å². The van der Waals surface area contributed by atoms with Crippen LogP contribution in [0.5, 0.6) is 0 Å². The zero-order chi connectivity index (χ0) is 20.4. The molecule has 3 heterocycles. The molecule has 1 aliphatic heterocycles. The van der Waals surface area contributed by atoms with Crippen molar-refractivity contribution in [1.82, 2.24) is 25.6 Å². The van der Waals surface area contributed by atoms with Crippen LogP contribution >= 0.6 is 0 Å². The zero-order valence-electron chi connectivity index (χ0n) is 17.2. The van der Waals surface area contributed by atoms with Crippen molar-refractivity contribution in [3.05, 3.63) is 34.5 Å². The fraction of sp³-hybridized carbons (Fsp3) is 0.619. The first-order chi connectivity index (χ1) is 14.0. The number of aryl methyl sites for hydroxylation is 2. The third kappa shape index (κ3) is 4.36. The van der Waals surface area contributed by atoms with Crippen LogP contribution in [0.1, 0.15) is 77.6 Å². The topological polar surface area (TPSA) is 104 Å². The third-order valence-electron chi connectivity index (χ3n) is 6.24. The SMILES string of the molecule is Cc1noc(C)c1CC(=O)N1CCCC(c2cc(C(=O)NC3CCCC3)n[nH]2)C1. The molecule has 4 rings (SSSR count). The van der Waals surface area contributed by atoms with Crippen LogP contribution in [0.15, 0.2) is 10.6 Å². The van der Waals surface area contributed by atoms with E-state index in [0.717, 1.165) is 49.2 Å². The van der Waals surface area contributed by atoms with Crippen LogP contribution in [0.3, 0.4) is 0 Å². The number of aromatic amines is 1. The number of likely N-dealkylation sites (tertiary alicyclic amines) is 1. The maximum absolute atomic E-state index is 12.8. The van der Waals surface area contributed by atoms with Crippen molar-refractivity contribution in [1.29, 1.82) is 0 Å². The van der Waals surface area contributed by atoms with Crippen LogP contribution in [0.2, 0.25) is 0 Å². The van der Waals surface area contributed by atoms with Gasteiger partial charge in [-0.15, -0.1) is 0 Å². The van der Waals surface area contributed by atoms with Crippen molar-refractivity contribution in [2.45, 2.75) is 70.8 Å². The first-order valence-corrected chi connectivity index (χ1v) is 10.6. The quantitative estimate of drug-likeness (QED) is 0.804. The van der Waals surface area contributed by atoms with Gasteiger partial charge in [0.1, 0.15) is 11.5 Å². The lowest BCUT2D eigenvalue weighted by molar-refractivity contribution is -0.131. The molecule has 2 aliphatic rings. The molecule has 1 atom stereocenters. The van der Waals surface area contributed by atoms with Gasteiger partial charge < -0.3 is 14.7 Å². The van der Waals surface area contributed by atoms with E-state index in [1.165, 1.54) is 12.8 Å². The van der Waals surface area contributed by atoms with Crippen molar-refractivity contribution in [3.63, 3.8) is 0 Å². The number of carbonyl (C=O) groups is 2. The molecular weight excluding hydrogens is 370 g/mol. The fourth-order valence-electron chi connectivity index (χ4n) is 4.47. The molecule has 2 amide bonds. The number of piperidine rings is 1. The molecule has 0 radical (unpaired) electrons. The Morgan fingerprint density at radius 1 is 1.24 bits per heavy atom.